The van der Waals surface area contributed by atoms with E-state index in [1.807, 2.05) is 10.9 Å². The van der Waals surface area contributed by atoms with Gasteiger partial charge in [-0.3, -0.25) is 4.68 Å². The Hall–Kier alpha value is -0.332. The summed E-state index contributed by atoms with van der Waals surface area (Å²) in [4.78, 5) is 0. The van der Waals surface area contributed by atoms with E-state index in [2.05, 4.69) is 24.2 Å². The summed E-state index contributed by atoms with van der Waals surface area (Å²) in [6, 6.07) is 0. The number of aliphatic hydroxyl groups excluding tert-OH is 1. The van der Waals surface area contributed by atoms with Crippen LogP contribution in [0.3, 0.4) is 0 Å². The predicted molar refractivity (Wildman–Crippen MR) is 77.9 cm³/mol. The number of hydrogen-bond acceptors (Lipinski definition) is 6. The van der Waals surface area contributed by atoms with E-state index in [9.17, 15) is 0 Å². The molecule has 0 spiro atoms. The largest absolute Gasteiger partial charge is 0.394 e. The Bertz CT molecular complexity index is 364. The van der Waals surface area contributed by atoms with Gasteiger partial charge in [-0.05, 0) is 12.3 Å². The topological polar surface area (TPSA) is 78.6 Å². The van der Waals surface area contributed by atoms with Gasteiger partial charge in [-0.2, -0.15) is 0 Å². The van der Waals surface area contributed by atoms with Crippen molar-refractivity contribution in [3.8, 4) is 0 Å². The minimum atomic E-state index is 0. The fraction of sp³-hybridized carbons (Fsp3) is 0.857. The molecule has 8 heteroatoms. The number of rotatable bonds is 13. The Morgan fingerprint density at radius 2 is 1.73 bits per heavy atom. The smallest absolute Gasteiger partial charge is 0.108 e. The van der Waals surface area contributed by atoms with Crippen LogP contribution in [0.1, 0.15) is 26.0 Å². The van der Waals surface area contributed by atoms with Crippen molar-refractivity contribution < 1.29 is 40.4 Å². The van der Waals surface area contributed by atoms with Crippen molar-refractivity contribution in [1.29, 1.82) is 0 Å². The van der Waals surface area contributed by atoms with Gasteiger partial charge in [-0.15, -0.1) is 5.10 Å². The number of aryl methyl sites for hydroxylation is 1. The standard InChI is InChI=1S/C14H27N3O4.W/c1-13(2)3-4-17-11-14(15-16-17)12-21-10-9-20-8-7-19-6-5-18;/h11,13,18H,3-10,12H2,1-2H3;. The number of hydrogen-bond donors (Lipinski definition) is 1. The fourth-order valence-electron chi connectivity index (χ4n) is 1.59. The molecule has 1 heterocycles. The zero-order valence-corrected chi connectivity index (χ0v) is 16.4. The Balaban J connectivity index is 0.00000441. The summed E-state index contributed by atoms with van der Waals surface area (Å²) in [7, 11) is 0. The van der Waals surface area contributed by atoms with E-state index < -0.39 is 0 Å². The van der Waals surface area contributed by atoms with E-state index in [-0.39, 0.29) is 27.7 Å². The maximum absolute atomic E-state index is 8.51. The molecule has 128 valence electrons. The van der Waals surface area contributed by atoms with E-state index in [0.29, 0.717) is 45.6 Å². The van der Waals surface area contributed by atoms with Crippen molar-refractivity contribution in [2.45, 2.75) is 33.4 Å². The van der Waals surface area contributed by atoms with Crippen LogP contribution in [0.25, 0.3) is 0 Å². The normalized spacial score (nSPS) is 10.9. The fourth-order valence-corrected chi connectivity index (χ4v) is 1.59. The molecule has 0 aliphatic rings. The summed E-state index contributed by atoms with van der Waals surface area (Å²) in [5.41, 5.74) is 0.838. The zero-order chi connectivity index (χ0) is 15.3. The molecule has 0 aliphatic heterocycles. The van der Waals surface area contributed by atoms with Crippen LogP contribution < -0.4 is 0 Å². The van der Waals surface area contributed by atoms with Crippen LogP contribution >= 0.6 is 0 Å². The quantitative estimate of drug-likeness (QED) is 0.418. The van der Waals surface area contributed by atoms with Crippen LogP contribution in [0.2, 0.25) is 0 Å². The Morgan fingerprint density at radius 1 is 1.09 bits per heavy atom. The molecule has 0 radical (unpaired) electrons. The first-order valence-corrected chi connectivity index (χ1v) is 7.45. The third kappa shape index (κ3) is 11.3. The first kappa shape index (κ1) is 21.7. The van der Waals surface area contributed by atoms with Gasteiger partial charge in [0.2, 0.25) is 0 Å². The molecule has 0 aliphatic carbocycles. The number of nitrogens with zero attached hydrogens (tertiary/aromatic N) is 3. The van der Waals surface area contributed by atoms with Crippen LogP contribution in [0.4, 0.5) is 0 Å². The Morgan fingerprint density at radius 3 is 2.36 bits per heavy atom. The molecule has 0 fully saturated rings. The van der Waals surface area contributed by atoms with E-state index in [1.54, 1.807) is 0 Å². The van der Waals surface area contributed by atoms with Gasteiger partial charge >= 0.3 is 0 Å². The van der Waals surface area contributed by atoms with E-state index in [1.165, 1.54) is 0 Å². The summed E-state index contributed by atoms with van der Waals surface area (Å²) < 4.78 is 17.7. The molecule has 1 aromatic rings. The summed E-state index contributed by atoms with van der Waals surface area (Å²) in [6.07, 6.45) is 3.02. The predicted octanol–water partition coefficient (Wildman–Crippen LogP) is 0.864. The van der Waals surface area contributed by atoms with Gasteiger partial charge in [0.05, 0.1) is 52.4 Å². The molecule has 1 aromatic heterocycles. The number of ether oxygens (including phenoxy) is 3. The van der Waals surface area contributed by atoms with Crippen molar-refractivity contribution in [3.63, 3.8) is 0 Å². The van der Waals surface area contributed by atoms with Crippen molar-refractivity contribution >= 4 is 0 Å². The molecule has 1 N–H and O–H groups in total. The zero-order valence-electron chi connectivity index (χ0n) is 13.4. The Kier molecular flexibility index (Phi) is 14.1. The average molecular weight is 485 g/mol. The SMILES string of the molecule is CC(C)CCn1cc(COCCOCCOCCO)nn1.[W]. The third-order valence-corrected chi connectivity index (χ3v) is 2.75. The summed E-state index contributed by atoms with van der Waals surface area (Å²) in [6.45, 7) is 8.15. The van der Waals surface area contributed by atoms with E-state index in [4.69, 9.17) is 19.3 Å². The first-order valence-electron chi connectivity index (χ1n) is 7.45. The van der Waals surface area contributed by atoms with Crippen LogP contribution in [-0.4, -0.2) is 59.7 Å². The molecule has 0 bridgehead atoms. The maximum Gasteiger partial charge on any atom is 0.108 e. The molecule has 0 amide bonds. The molecule has 0 unspecified atom stereocenters. The molecular formula is C14H27N3O4W. The molecule has 0 saturated heterocycles. The van der Waals surface area contributed by atoms with Crippen LogP contribution in [0.15, 0.2) is 6.20 Å². The van der Waals surface area contributed by atoms with Crippen LogP contribution in [0.5, 0.6) is 0 Å². The van der Waals surface area contributed by atoms with E-state index in [0.717, 1.165) is 18.7 Å². The van der Waals surface area contributed by atoms with Crippen molar-refractivity contribution in [1.82, 2.24) is 15.0 Å². The summed E-state index contributed by atoms with van der Waals surface area (Å²) >= 11 is 0. The molecule has 0 atom stereocenters. The van der Waals surface area contributed by atoms with Gasteiger partial charge in [-0.25, -0.2) is 0 Å². The summed E-state index contributed by atoms with van der Waals surface area (Å²) in [5, 5.41) is 16.6. The van der Waals surface area contributed by atoms with Crippen LogP contribution in [-0.2, 0) is 48.4 Å². The van der Waals surface area contributed by atoms with Gasteiger partial charge in [0.15, 0.2) is 0 Å². The molecule has 0 aromatic carbocycles. The minimum Gasteiger partial charge on any atom is -0.394 e. The second kappa shape index (κ2) is 14.3. The number of aromatic nitrogens is 3. The maximum atomic E-state index is 8.51. The first-order chi connectivity index (χ1) is 10.2. The minimum absolute atomic E-state index is 0. The molecular weight excluding hydrogens is 458 g/mol. The van der Waals surface area contributed by atoms with Gasteiger partial charge in [-0.1, -0.05) is 19.1 Å². The second-order valence-corrected chi connectivity index (χ2v) is 5.16. The third-order valence-electron chi connectivity index (χ3n) is 2.75. The van der Waals surface area contributed by atoms with Gasteiger partial charge in [0.1, 0.15) is 5.69 Å². The average Bonchev–Trinajstić information content (AvgIpc) is 2.91. The molecule has 0 saturated carbocycles. The van der Waals surface area contributed by atoms with E-state index >= 15 is 0 Å². The second-order valence-electron chi connectivity index (χ2n) is 5.16. The number of aliphatic hydroxyl groups is 1. The van der Waals surface area contributed by atoms with Crippen LogP contribution in [0, 0.1) is 5.92 Å². The molecule has 22 heavy (non-hydrogen) atoms. The van der Waals surface area contributed by atoms with Crippen molar-refractivity contribution in [3.05, 3.63) is 11.9 Å². The van der Waals surface area contributed by atoms with Gasteiger partial charge < -0.3 is 19.3 Å². The van der Waals surface area contributed by atoms with Gasteiger partial charge in [0, 0.05) is 27.6 Å². The monoisotopic (exact) mass is 485 g/mol. The molecule has 1 rings (SSSR count). The summed E-state index contributed by atoms with van der Waals surface area (Å²) in [5.74, 6) is 0.660. The Labute approximate surface area is 146 Å². The van der Waals surface area contributed by atoms with Crippen molar-refractivity contribution in [2.75, 3.05) is 39.6 Å². The molecule has 7 nitrogen and oxygen atoms in total. The van der Waals surface area contributed by atoms with Crippen molar-refractivity contribution in [2.24, 2.45) is 5.92 Å². The van der Waals surface area contributed by atoms with Gasteiger partial charge in [0.25, 0.3) is 0 Å².